The molecule has 0 aromatic heterocycles. The predicted octanol–water partition coefficient (Wildman–Crippen LogP) is 4.26. The van der Waals surface area contributed by atoms with Crippen LogP contribution in [0.1, 0.15) is 25.5 Å². The average molecular weight is 518 g/mol. The average Bonchev–Trinajstić information content (AvgIpc) is 3.39. The molecule has 2 amide bonds. The van der Waals surface area contributed by atoms with E-state index in [1.165, 1.54) is 16.7 Å². The smallest absolute Gasteiger partial charge is 0.265 e. The van der Waals surface area contributed by atoms with Crippen LogP contribution >= 0.6 is 35.6 Å². The summed E-state index contributed by atoms with van der Waals surface area (Å²) in [7, 11) is 3.52. The van der Waals surface area contributed by atoms with Crippen molar-refractivity contribution in [2.75, 3.05) is 19.1 Å². The number of hydrogen-bond donors (Lipinski definition) is 0. The van der Waals surface area contributed by atoms with E-state index in [4.69, 9.17) is 33.4 Å². The van der Waals surface area contributed by atoms with Crippen LogP contribution in [0.4, 0.5) is 5.69 Å². The number of anilines is 1. The van der Waals surface area contributed by atoms with Crippen LogP contribution in [0.5, 0.6) is 5.75 Å². The SMILES string of the molecule is COc1ccc(N2C(=O)[C@H]3[C@@H](c4ccc(Cl)cc4)N([C@@H]4SC(=S)N(C)C4(C)C)O[C@H]3C2=O)cc1. The lowest BCUT2D eigenvalue weighted by Crippen LogP contribution is -2.51. The van der Waals surface area contributed by atoms with Crippen LogP contribution in [0.2, 0.25) is 5.02 Å². The molecule has 2 aromatic rings. The number of likely N-dealkylation sites (N-methyl/N-ethyl adjacent to an activating group) is 1. The summed E-state index contributed by atoms with van der Waals surface area (Å²) in [6.07, 6.45) is -0.925. The van der Waals surface area contributed by atoms with Crippen molar-refractivity contribution in [3.8, 4) is 5.75 Å². The van der Waals surface area contributed by atoms with Gasteiger partial charge in [-0.1, -0.05) is 47.7 Å². The Labute approximate surface area is 212 Å². The third-order valence-electron chi connectivity index (χ3n) is 6.87. The molecular weight excluding hydrogens is 494 g/mol. The second-order valence-electron chi connectivity index (χ2n) is 9.07. The van der Waals surface area contributed by atoms with Crippen molar-refractivity contribution in [2.24, 2.45) is 5.92 Å². The fourth-order valence-corrected chi connectivity index (χ4v) is 6.67. The molecule has 0 unspecified atom stereocenters. The summed E-state index contributed by atoms with van der Waals surface area (Å²) in [5, 5.41) is 2.18. The molecule has 3 aliphatic rings. The van der Waals surface area contributed by atoms with Gasteiger partial charge in [0, 0.05) is 12.1 Å². The molecule has 0 spiro atoms. The number of methoxy groups -OCH3 is 1. The summed E-state index contributed by atoms with van der Waals surface area (Å²) in [5.41, 5.74) is 0.963. The molecule has 3 fully saturated rings. The van der Waals surface area contributed by atoms with E-state index in [1.807, 2.05) is 24.1 Å². The molecule has 3 saturated heterocycles. The summed E-state index contributed by atoms with van der Waals surface area (Å²) in [6.45, 7) is 4.15. The molecule has 0 aliphatic carbocycles. The Kier molecular flexibility index (Phi) is 5.89. The quantitative estimate of drug-likeness (QED) is 0.440. The number of carbonyl (C=O) groups is 2. The molecule has 5 rings (SSSR count). The zero-order valence-corrected chi connectivity index (χ0v) is 21.5. The largest absolute Gasteiger partial charge is 0.497 e. The number of nitrogens with zero attached hydrogens (tertiary/aromatic N) is 3. The van der Waals surface area contributed by atoms with Crippen LogP contribution in [0.15, 0.2) is 48.5 Å². The first kappa shape index (κ1) is 23.6. The van der Waals surface area contributed by atoms with Crippen LogP contribution in [-0.4, -0.2) is 57.3 Å². The van der Waals surface area contributed by atoms with Gasteiger partial charge in [0.1, 0.15) is 15.4 Å². The van der Waals surface area contributed by atoms with Gasteiger partial charge in [-0.25, -0.2) is 4.90 Å². The summed E-state index contributed by atoms with van der Waals surface area (Å²) < 4.78 is 5.94. The third kappa shape index (κ3) is 3.53. The van der Waals surface area contributed by atoms with Crippen molar-refractivity contribution >= 4 is 57.4 Å². The van der Waals surface area contributed by atoms with Crippen molar-refractivity contribution in [3.05, 3.63) is 59.1 Å². The van der Waals surface area contributed by atoms with E-state index in [0.717, 1.165) is 9.88 Å². The van der Waals surface area contributed by atoms with E-state index in [9.17, 15) is 9.59 Å². The van der Waals surface area contributed by atoms with Crippen molar-refractivity contribution in [3.63, 3.8) is 0 Å². The number of thioether (sulfide) groups is 1. The number of carbonyl (C=O) groups excluding carboxylic acids is 2. The number of benzene rings is 2. The Morgan fingerprint density at radius 3 is 2.26 bits per heavy atom. The number of amides is 2. The summed E-state index contributed by atoms with van der Waals surface area (Å²) in [4.78, 5) is 36.8. The molecule has 2 aromatic carbocycles. The van der Waals surface area contributed by atoms with Gasteiger partial charge in [-0.3, -0.25) is 14.4 Å². The third-order valence-corrected chi connectivity index (χ3v) is 9.17. The lowest BCUT2D eigenvalue weighted by molar-refractivity contribution is -0.188. The highest BCUT2D eigenvalue weighted by molar-refractivity contribution is 8.23. The lowest BCUT2D eigenvalue weighted by atomic mass is 9.90. The maximum atomic E-state index is 13.8. The zero-order chi connectivity index (χ0) is 24.4. The van der Waals surface area contributed by atoms with Crippen molar-refractivity contribution in [1.82, 2.24) is 9.96 Å². The summed E-state index contributed by atoms with van der Waals surface area (Å²) in [6, 6.07) is 13.7. The second kappa shape index (κ2) is 8.49. The summed E-state index contributed by atoms with van der Waals surface area (Å²) >= 11 is 13.2. The lowest BCUT2D eigenvalue weighted by Gasteiger charge is -2.39. The number of hydrogen-bond acceptors (Lipinski definition) is 7. The van der Waals surface area contributed by atoms with Crippen LogP contribution in [0.25, 0.3) is 0 Å². The van der Waals surface area contributed by atoms with Crippen LogP contribution in [-0.2, 0) is 14.4 Å². The number of fused-ring (bicyclic) bond motifs is 1. The zero-order valence-electron chi connectivity index (χ0n) is 19.1. The molecule has 10 heteroatoms. The van der Waals surface area contributed by atoms with Gasteiger partial charge in [-0.05, 0) is 55.8 Å². The molecule has 0 N–H and O–H groups in total. The minimum Gasteiger partial charge on any atom is -0.497 e. The van der Waals surface area contributed by atoms with E-state index < -0.39 is 18.1 Å². The van der Waals surface area contributed by atoms with Crippen molar-refractivity contribution < 1.29 is 19.2 Å². The number of halogens is 1. The van der Waals surface area contributed by atoms with Crippen LogP contribution in [0.3, 0.4) is 0 Å². The highest BCUT2D eigenvalue weighted by Crippen LogP contribution is 2.52. The number of hydroxylamine groups is 2. The maximum Gasteiger partial charge on any atom is 0.265 e. The fourth-order valence-electron chi connectivity index (χ4n) is 4.72. The van der Waals surface area contributed by atoms with Crippen molar-refractivity contribution in [1.29, 1.82) is 0 Å². The van der Waals surface area contributed by atoms with Gasteiger partial charge in [0.15, 0.2) is 6.10 Å². The number of ether oxygens (including phenoxy) is 1. The Morgan fingerprint density at radius 2 is 1.71 bits per heavy atom. The first-order valence-electron chi connectivity index (χ1n) is 10.8. The standard InChI is InChI=1S/C24H24ClN3O4S2/c1-24(2)22(34-23(33)26(24)3)28-18(13-5-7-14(25)8-6-13)17-19(32-28)21(30)27(20(17)29)15-9-11-16(31-4)12-10-15/h5-12,17-19,22H,1-4H3/t17-,18+,19+,22+/m0/s1. The monoisotopic (exact) mass is 517 g/mol. The molecule has 4 atom stereocenters. The highest BCUT2D eigenvalue weighted by Gasteiger charge is 2.63. The maximum absolute atomic E-state index is 13.8. The summed E-state index contributed by atoms with van der Waals surface area (Å²) in [5.74, 6) is -0.727. The highest BCUT2D eigenvalue weighted by atomic mass is 35.5. The number of rotatable bonds is 4. The minimum atomic E-state index is -0.925. The fraction of sp³-hybridized carbons (Fsp3) is 0.375. The predicted molar refractivity (Wildman–Crippen MR) is 136 cm³/mol. The molecule has 3 heterocycles. The Morgan fingerprint density at radius 1 is 1.06 bits per heavy atom. The van der Waals surface area contributed by atoms with Crippen LogP contribution < -0.4 is 9.64 Å². The van der Waals surface area contributed by atoms with Gasteiger partial charge in [-0.2, -0.15) is 5.06 Å². The first-order valence-corrected chi connectivity index (χ1v) is 12.5. The minimum absolute atomic E-state index is 0.216. The van der Waals surface area contributed by atoms with E-state index in [-0.39, 0.29) is 22.7 Å². The normalized spacial score (nSPS) is 28.7. The van der Waals surface area contributed by atoms with Crippen LogP contribution in [0, 0.1) is 5.92 Å². The molecule has 7 nitrogen and oxygen atoms in total. The van der Waals surface area contributed by atoms with Gasteiger partial charge in [0.2, 0.25) is 5.91 Å². The Balaban J connectivity index is 1.55. The molecule has 178 valence electrons. The number of imide groups is 1. The van der Waals surface area contributed by atoms with E-state index in [2.05, 4.69) is 13.8 Å². The second-order valence-corrected chi connectivity index (χ2v) is 11.2. The van der Waals surface area contributed by atoms with E-state index >= 15 is 0 Å². The Bertz CT molecular complexity index is 1160. The van der Waals surface area contributed by atoms with Gasteiger partial charge < -0.3 is 9.64 Å². The molecule has 0 saturated carbocycles. The van der Waals surface area contributed by atoms with Gasteiger partial charge in [0.25, 0.3) is 5.91 Å². The van der Waals surface area contributed by atoms with Crippen molar-refractivity contribution in [2.45, 2.75) is 36.9 Å². The topological polar surface area (TPSA) is 62.3 Å². The van der Waals surface area contributed by atoms with E-state index in [1.54, 1.807) is 48.6 Å². The molecular formula is C24H24ClN3O4S2. The van der Waals surface area contributed by atoms with Gasteiger partial charge in [0.05, 0.1) is 30.3 Å². The van der Waals surface area contributed by atoms with Gasteiger partial charge in [-0.15, -0.1) is 0 Å². The van der Waals surface area contributed by atoms with E-state index in [0.29, 0.717) is 16.5 Å². The first-order chi connectivity index (χ1) is 16.1. The molecule has 0 radical (unpaired) electrons. The molecule has 34 heavy (non-hydrogen) atoms. The number of thiocarbonyl (C=S) groups is 1. The molecule has 0 bridgehead atoms. The van der Waals surface area contributed by atoms with Gasteiger partial charge >= 0.3 is 0 Å². The Hall–Kier alpha value is -2.17. The molecule has 3 aliphatic heterocycles.